The van der Waals surface area contributed by atoms with Gasteiger partial charge in [0.2, 0.25) is 0 Å². The van der Waals surface area contributed by atoms with Crippen LogP contribution in [0.1, 0.15) is 6.42 Å². The second-order valence-corrected chi connectivity index (χ2v) is 7.44. The van der Waals surface area contributed by atoms with E-state index in [0.717, 1.165) is 66.6 Å². The van der Waals surface area contributed by atoms with Crippen molar-refractivity contribution in [2.45, 2.75) is 11.8 Å². The second-order valence-electron chi connectivity index (χ2n) is 6.88. The van der Waals surface area contributed by atoms with Crippen LogP contribution in [0.4, 0.5) is 5.82 Å². The van der Waals surface area contributed by atoms with Gasteiger partial charge in [0.05, 0.1) is 0 Å². The molecule has 1 fully saturated rings. The Balaban J connectivity index is 1.57. The van der Waals surface area contributed by atoms with Crippen LogP contribution in [-0.4, -0.2) is 58.2 Å². The minimum atomic E-state index is 0.0367. The third-order valence-corrected chi connectivity index (χ3v) is 5.41. The summed E-state index contributed by atoms with van der Waals surface area (Å²) < 4.78 is 7.56. The zero-order chi connectivity index (χ0) is 18.9. The fourth-order valence-corrected chi connectivity index (χ4v) is 3.79. The summed E-state index contributed by atoms with van der Waals surface area (Å²) in [7, 11) is 1.90. The Morgan fingerprint density at radius 2 is 2.07 bits per heavy atom. The summed E-state index contributed by atoms with van der Waals surface area (Å²) >= 11 is 6.22. The summed E-state index contributed by atoms with van der Waals surface area (Å²) in [6, 6.07) is 6.07. The minimum absolute atomic E-state index is 0.0367. The van der Waals surface area contributed by atoms with E-state index in [1.54, 1.807) is 6.20 Å². The van der Waals surface area contributed by atoms with Gasteiger partial charge < -0.3 is 0 Å². The normalized spacial score (nSPS) is 19.7. The van der Waals surface area contributed by atoms with Crippen LogP contribution in [0.3, 0.4) is 0 Å². The summed E-state index contributed by atoms with van der Waals surface area (Å²) in [5.41, 5.74) is 3.90. The number of morpholine rings is 1. The van der Waals surface area contributed by atoms with Gasteiger partial charge in [0.25, 0.3) is 0 Å². The van der Waals surface area contributed by atoms with Crippen molar-refractivity contribution in [3.63, 3.8) is 0 Å². The standard InChI is InChI=1S/C20H19BClN5O/c22-14-1-3-15(4-2-14)27-18-13-23-8-7-17(18)24-20(27)16-5-6-19(25-21-16)26-9-11-28-12-10-26/h1,3-8,13-14H,2,9-12H2. The molecule has 0 amide bonds. The zero-order valence-electron chi connectivity index (χ0n) is 15.3. The van der Waals surface area contributed by atoms with Crippen molar-refractivity contribution in [2.75, 3.05) is 31.2 Å². The van der Waals surface area contributed by atoms with E-state index in [9.17, 15) is 0 Å². The van der Waals surface area contributed by atoms with Crippen LogP contribution in [0.15, 0.2) is 48.8 Å². The molecule has 4 heterocycles. The Labute approximate surface area is 168 Å². The number of rotatable bonds is 3. The second kappa shape index (κ2) is 7.49. The van der Waals surface area contributed by atoms with Crippen LogP contribution in [0.2, 0.25) is 0 Å². The summed E-state index contributed by atoms with van der Waals surface area (Å²) in [5.74, 6) is 1.83. The molecule has 1 saturated heterocycles. The van der Waals surface area contributed by atoms with Gasteiger partial charge in [0, 0.05) is 0 Å². The Morgan fingerprint density at radius 3 is 2.82 bits per heavy atom. The molecule has 140 valence electrons. The first-order valence-electron chi connectivity index (χ1n) is 9.44. The number of pyridine rings is 1. The third-order valence-electron chi connectivity index (χ3n) is 5.08. The summed E-state index contributed by atoms with van der Waals surface area (Å²) in [5, 5.41) is 0.0367. The van der Waals surface area contributed by atoms with E-state index in [-0.39, 0.29) is 5.38 Å². The molecule has 1 atom stereocenters. The molecule has 2 aliphatic rings. The summed E-state index contributed by atoms with van der Waals surface area (Å²) in [6.07, 6.45) is 10.6. The first-order chi connectivity index (χ1) is 13.8. The predicted octanol–water partition coefficient (Wildman–Crippen LogP) is 3.08. The molecule has 1 aliphatic carbocycles. The SMILES string of the molecule is ClC1C=CC(n2c(-c3bnc(N4CCOCC4)cc3)nc3ccncc32)=CC1. The number of ether oxygens (including phenoxy) is 1. The molecule has 0 bridgehead atoms. The van der Waals surface area contributed by atoms with Crippen molar-refractivity contribution in [3.8, 4) is 11.3 Å². The molecular formula is C20H19BClN5O. The van der Waals surface area contributed by atoms with Gasteiger partial charge in [0.15, 0.2) is 0 Å². The fraction of sp³-hybridized carbons (Fsp3) is 0.300. The number of aromatic nitrogens is 4. The van der Waals surface area contributed by atoms with E-state index in [4.69, 9.17) is 26.2 Å². The van der Waals surface area contributed by atoms with Crippen LogP contribution in [0.5, 0.6) is 0 Å². The van der Waals surface area contributed by atoms with Crippen molar-refractivity contribution in [1.29, 1.82) is 0 Å². The average molecular weight is 392 g/mol. The van der Waals surface area contributed by atoms with Crippen molar-refractivity contribution in [3.05, 3.63) is 48.8 Å². The van der Waals surface area contributed by atoms with Crippen molar-refractivity contribution in [2.24, 2.45) is 0 Å². The first-order valence-corrected chi connectivity index (χ1v) is 9.87. The van der Waals surface area contributed by atoms with Gasteiger partial charge in [-0.2, -0.15) is 0 Å². The van der Waals surface area contributed by atoms with Gasteiger partial charge in [-0.3, -0.25) is 0 Å². The van der Waals surface area contributed by atoms with Crippen LogP contribution >= 0.6 is 11.6 Å². The number of allylic oxidation sites excluding steroid dienone is 4. The van der Waals surface area contributed by atoms with Gasteiger partial charge >= 0.3 is 168 Å². The van der Waals surface area contributed by atoms with E-state index >= 15 is 0 Å². The molecule has 0 radical (unpaired) electrons. The average Bonchev–Trinajstić information content (AvgIpc) is 3.15. The van der Waals surface area contributed by atoms with Crippen molar-refractivity contribution in [1.82, 2.24) is 19.4 Å². The summed E-state index contributed by atoms with van der Waals surface area (Å²) in [6.45, 7) is 3.23. The van der Waals surface area contributed by atoms with Gasteiger partial charge in [0.1, 0.15) is 0 Å². The monoisotopic (exact) mass is 391 g/mol. The summed E-state index contributed by atoms with van der Waals surface area (Å²) in [4.78, 5) is 16.1. The maximum atomic E-state index is 6.22. The van der Waals surface area contributed by atoms with Crippen LogP contribution in [0.25, 0.3) is 28.0 Å². The molecule has 0 aromatic carbocycles. The number of anilines is 1. The molecule has 0 spiro atoms. The molecule has 6 nitrogen and oxygen atoms in total. The topological polar surface area (TPSA) is 56.1 Å². The number of imidazole rings is 1. The number of alkyl halides is 1. The van der Waals surface area contributed by atoms with Gasteiger partial charge in [-0.15, -0.1) is 0 Å². The molecule has 3 aromatic heterocycles. The van der Waals surface area contributed by atoms with Crippen molar-refractivity contribution >= 4 is 41.2 Å². The molecule has 8 heteroatoms. The molecule has 1 unspecified atom stereocenters. The quantitative estimate of drug-likeness (QED) is 0.642. The first kappa shape index (κ1) is 17.6. The van der Waals surface area contributed by atoms with E-state index in [1.807, 2.05) is 31.5 Å². The van der Waals surface area contributed by atoms with Crippen LogP contribution in [0, 0.1) is 0 Å². The maximum absolute atomic E-state index is 6.22. The fourth-order valence-electron chi connectivity index (χ4n) is 3.63. The molecule has 5 rings (SSSR count). The van der Waals surface area contributed by atoms with Gasteiger partial charge in [-0.1, -0.05) is 0 Å². The predicted molar refractivity (Wildman–Crippen MR) is 113 cm³/mol. The number of nitrogens with zero attached hydrogens (tertiary/aromatic N) is 5. The number of fused-ring (bicyclic) bond motifs is 1. The number of hydrogen-bond donors (Lipinski definition) is 0. The van der Waals surface area contributed by atoms with E-state index in [0.29, 0.717) is 0 Å². The number of halogens is 1. The molecule has 28 heavy (non-hydrogen) atoms. The van der Waals surface area contributed by atoms with Crippen molar-refractivity contribution < 1.29 is 4.74 Å². The van der Waals surface area contributed by atoms with Gasteiger partial charge in [-0.25, -0.2) is 0 Å². The van der Waals surface area contributed by atoms with Crippen LogP contribution < -0.4 is 4.90 Å². The Kier molecular flexibility index (Phi) is 4.70. The Bertz CT molecular complexity index is 1060. The molecule has 3 aromatic rings. The van der Waals surface area contributed by atoms with Crippen LogP contribution in [-0.2, 0) is 4.74 Å². The molecule has 0 N–H and O–H groups in total. The Hall–Kier alpha value is -2.51. The zero-order valence-corrected chi connectivity index (χ0v) is 16.1. The van der Waals surface area contributed by atoms with E-state index < -0.39 is 0 Å². The molecule has 1 aliphatic heterocycles. The van der Waals surface area contributed by atoms with Gasteiger partial charge in [-0.05, 0) is 0 Å². The Morgan fingerprint density at radius 1 is 1.18 bits per heavy atom. The van der Waals surface area contributed by atoms with E-state index in [2.05, 4.69) is 32.7 Å². The van der Waals surface area contributed by atoms with E-state index in [1.165, 1.54) is 0 Å². The molecule has 0 saturated carbocycles. The number of hydrogen-bond acceptors (Lipinski definition) is 5. The molecular weight excluding hydrogens is 373 g/mol. The third kappa shape index (κ3) is 3.25.